The SMILES string of the molecule is O=C(O)CC(NC(=O)c1cc(=O)n(-c2ccccc2F)[nH]1)c1ccc(-c2ccccn2)cc1. The Balaban J connectivity index is 1.58. The molecule has 0 radical (unpaired) electrons. The first-order valence-electron chi connectivity index (χ1n) is 10.0. The maximum atomic E-state index is 14.0. The number of carbonyl (C=O) groups is 2. The van der Waals surface area contributed by atoms with Gasteiger partial charge in [0.2, 0.25) is 0 Å². The van der Waals surface area contributed by atoms with Crippen LogP contribution in [0.15, 0.2) is 83.8 Å². The van der Waals surface area contributed by atoms with Crippen molar-refractivity contribution in [3.8, 4) is 16.9 Å². The number of amides is 1. The minimum Gasteiger partial charge on any atom is -0.481 e. The van der Waals surface area contributed by atoms with Gasteiger partial charge in [0.1, 0.15) is 17.2 Å². The number of benzene rings is 2. The standard InChI is InChI=1S/C24H19FN4O4/c25-17-5-1-2-7-21(17)29-22(30)13-20(28-29)24(33)27-19(14-23(31)32)16-10-8-15(9-11-16)18-6-3-4-12-26-18/h1-13,19,28H,14H2,(H,27,33)(H,31,32). The number of carbonyl (C=O) groups excluding carboxylic acids is 1. The molecule has 0 bridgehead atoms. The summed E-state index contributed by atoms with van der Waals surface area (Å²) < 4.78 is 15.0. The fourth-order valence-corrected chi connectivity index (χ4v) is 3.41. The van der Waals surface area contributed by atoms with Gasteiger partial charge in [-0.25, -0.2) is 9.07 Å². The molecule has 1 unspecified atom stereocenters. The lowest BCUT2D eigenvalue weighted by Gasteiger charge is -2.17. The molecule has 166 valence electrons. The first-order valence-corrected chi connectivity index (χ1v) is 10.0. The van der Waals surface area contributed by atoms with E-state index in [2.05, 4.69) is 15.4 Å². The van der Waals surface area contributed by atoms with E-state index in [4.69, 9.17) is 0 Å². The molecular formula is C24H19FN4O4. The van der Waals surface area contributed by atoms with Crippen molar-refractivity contribution >= 4 is 11.9 Å². The average molecular weight is 446 g/mol. The molecule has 0 saturated heterocycles. The van der Waals surface area contributed by atoms with Crippen LogP contribution < -0.4 is 10.9 Å². The molecule has 0 saturated carbocycles. The van der Waals surface area contributed by atoms with Crippen molar-refractivity contribution in [3.05, 3.63) is 106 Å². The number of nitrogens with one attached hydrogen (secondary N) is 2. The maximum absolute atomic E-state index is 14.0. The highest BCUT2D eigenvalue weighted by molar-refractivity contribution is 5.92. The number of halogens is 1. The lowest BCUT2D eigenvalue weighted by molar-refractivity contribution is -0.137. The van der Waals surface area contributed by atoms with E-state index in [1.807, 2.05) is 12.1 Å². The summed E-state index contributed by atoms with van der Waals surface area (Å²) in [5.74, 6) is -2.43. The Morgan fingerprint density at radius 1 is 1.06 bits per heavy atom. The van der Waals surface area contributed by atoms with Crippen LogP contribution in [0.5, 0.6) is 0 Å². The van der Waals surface area contributed by atoms with Crippen LogP contribution in [0, 0.1) is 5.82 Å². The molecule has 3 N–H and O–H groups in total. The van der Waals surface area contributed by atoms with E-state index in [0.29, 0.717) is 5.56 Å². The normalized spacial score (nSPS) is 11.7. The fourth-order valence-electron chi connectivity index (χ4n) is 3.41. The summed E-state index contributed by atoms with van der Waals surface area (Å²) in [6.45, 7) is 0. The summed E-state index contributed by atoms with van der Waals surface area (Å²) >= 11 is 0. The zero-order chi connectivity index (χ0) is 23.4. The number of rotatable bonds is 7. The van der Waals surface area contributed by atoms with E-state index >= 15 is 0 Å². The van der Waals surface area contributed by atoms with Gasteiger partial charge in [0, 0.05) is 17.8 Å². The molecule has 0 aliphatic carbocycles. The van der Waals surface area contributed by atoms with Crippen LogP contribution in [-0.2, 0) is 4.79 Å². The van der Waals surface area contributed by atoms with Gasteiger partial charge in [-0.1, -0.05) is 42.5 Å². The van der Waals surface area contributed by atoms with Crippen molar-refractivity contribution in [1.29, 1.82) is 0 Å². The van der Waals surface area contributed by atoms with Gasteiger partial charge >= 0.3 is 5.97 Å². The molecular weight excluding hydrogens is 427 g/mol. The largest absolute Gasteiger partial charge is 0.481 e. The van der Waals surface area contributed by atoms with E-state index in [-0.39, 0.29) is 17.8 Å². The van der Waals surface area contributed by atoms with Gasteiger partial charge < -0.3 is 10.4 Å². The van der Waals surface area contributed by atoms with Crippen molar-refractivity contribution in [2.45, 2.75) is 12.5 Å². The molecule has 1 amide bonds. The van der Waals surface area contributed by atoms with Crippen LogP contribution in [0.4, 0.5) is 4.39 Å². The van der Waals surface area contributed by atoms with Crippen LogP contribution in [0.25, 0.3) is 16.9 Å². The third kappa shape index (κ3) is 4.87. The lowest BCUT2D eigenvalue weighted by atomic mass is 10.0. The highest BCUT2D eigenvalue weighted by atomic mass is 19.1. The van der Waals surface area contributed by atoms with Gasteiger partial charge in [0.25, 0.3) is 11.5 Å². The predicted molar refractivity (Wildman–Crippen MR) is 118 cm³/mol. The quantitative estimate of drug-likeness (QED) is 0.403. The van der Waals surface area contributed by atoms with E-state index in [1.165, 1.54) is 18.2 Å². The molecule has 1 atom stereocenters. The Morgan fingerprint density at radius 3 is 2.45 bits per heavy atom. The molecule has 0 spiro atoms. The first kappa shape index (κ1) is 21.7. The van der Waals surface area contributed by atoms with Crippen LogP contribution >= 0.6 is 0 Å². The number of hydrogen-bond donors (Lipinski definition) is 3. The number of pyridine rings is 1. The third-order valence-electron chi connectivity index (χ3n) is 5.02. The highest BCUT2D eigenvalue weighted by Crippen LogP contribution is 2.22. The molecule has 4 aromatic rings. The van der Waals surface area contributed by atoms with Crippen LogP contribution in [0.1, 0.15) is 28.5 Å². The van der Waals surface area contributed by atoms with Crippen molar-refractivity contribution < 1.29 is 19.1 Å². The summed E-state index contributed by atoms with van der Waals surface area (Å²) in [6, 6.07) is 18.3. The summed E-state index contributed by atoms with van der Waals surface area (Å²) in [7, 11) is 0. The Kier molecular flexibility index (Phi) is 6.12. The van der Waals surface area contributed by atoms with Crippen LogP contribution in [0.3, 0.4) is 0 Å². The second-order valence-electron chi connectivity index (χ2n) is 7.26. The molecule has 0 aliphatic heterocycles. The predicted octanol–water partition coefficient (Wildman–Crippen LogP) is 3.31. The zero-order valence-electron chi connectivity index (χ0n) is 17.2. The average Bonchev–Trinajstić information content (AvgIpc) is 3.21. The van der Waals surface area contributed by atoms with Gasteiger partial charge in [0.05, 0.1) is 18.2 Å². The van der Waals surface area contributed by atoms with Crippen LogP contribution in [0.2, 0.25) is 0 Å². The van der Waals surface area contributed by atoms with Crippen molar-refractivity contribution in [2.24, 2.45) is 0 Å². The number of carboxylic acids is 1. The summed E-state index contributed by atoms with van der Waals surface area (Å²) in [4.78, 5) is 40.8. The van der Waals surface area contributed by atoms with E-state index in [0.717, 1.165) is 22.0 Å². The Labute approximate surface area is 187 Å². The van der Waals surface area contributed by atoms with Gasteiger partial charge in [-0.2, -0.15) is 0 Å². The number of para-hydroxylation sites is 1. The minimum absolute atomic E-state index is 0.0336. The number of hydrogen-bond acceptors (Lipinski definition) is 4. The Hall–Kier alpha value is -4.53. The van der Waals surface area contributed by atoms with Gasteiger partial charge in [-0.3, -0.25) is 24.5 Å². The second kappa shape index (κ2) is 9.31. The Bertz CT molecular complexity index is 1350. The molecule has 2 heterocycles. The molecule has 0 fully saturated rings. The minimum atomic E-state index is -1.11. The van der Waals surface area contributed by atoms with E-state index in [1.54, 1.807) is 42.6 Å². The molecule has 2 aromatic carbocycles. The summed E-state index contributed by atoms with van der Waals surface area (Å²) in [5, 5.41) is 14.5. The van der Waals surface area contributed by atoms with Crippen molar-refractivity contribution in [1.82, 2.24) is 20.1 Å². The number of aromatic amines is 1. The van der Waals surface area contributed by atoms with Crippen LogP contribution in [-0.4, -0.2) is 31.7 Å². The number of aromatic nitrogens is 3. The fraction of sp³-hybridized carbons (Fsp3) is 0.0833. The lowest BCUT2D eigenvalue weighted by Crippen LogP contribution is -2.30. The number of H-pyrrole nitrogens is 1. The third-order valence-corrected chi connectivity index (χ3v) is 5.02. The summed E-state index contributed by atoms with van der Waals surface area (Å²) in [5.41, 5.74) is 1.39. The van der Waals surface area contributed by atoms with Crippen molar-refractivity contribution in [2.75, 3.05) is 0 Å². The van der Waals surface area contributed by atoms with Gasteiger partial charge in [-0.05, 0) is 29.8 Å². The molecule has 33 heavy (non-hydrogen) atoms. The maximum Gasteiger partial charge on any atom is 0.305 e. The number of aliphatic carboxylic acids is 1. The Morgan fingerprint density at radius 2 is 1.79 bits per heavy atom. The van der Waals surface area contributed by atoms with Crippen molar-refractivity contribution in [3.63, 3.8) is 0 Å². The molecule has 0 aliphatic rings. The first-order chi connectivity index (χ1) is 15.9. The number of nitrogens with zero attached hydrogens (tertiary/aromatic N) is 2. The molecule has 4 rings (SSSR count). The monoisotopic (exact) mass is 446 g/mol. The van der Waals surface area contributed by atoms with E-state index in [9.17, 15) is 23.9 Å². The van der Waals surface area contributed by atoms with Gasteiger partial charge in [0.15, 0.2) is 0 Å². The summed E-state index contributed by atoms with van der Waals surface area (Å²) in [6.07, 6.45) is 1.30. The highest BCUT2D eigenvalue weighted by Gasteiger charge is 2.21. The van der Waals surface area contributed by atoms with E-state index < -0.39 is 29.3 Å². The molecule has 9 heteroatoms. The second-order valence-corrected chi connectivity index (χ2v) is 7.26. The molecule has 2 aromatic heterocycles. The topological polar surface area (TPSA) is 117 Å². The number of carboxylic acid groups (broad SMARTS) is 1. The molecule has 8 nitrogen and oxygen atoms in total. The smallest absolute Gasteiger partial charge is 0.305 e. The van der Waals surface area contributed by atoms with Gasteiger partial charge in [-0.15, -0.1) is 0 Å². The zero-order valence-corrected chi connectivity index (χ0v) is 17.2.